The van der Waals surface area contributed by atoms with Gasteiger partial charge in [0.25, 0.3) is 5.91 Å². The molecular formula is C19H22ClN3O3. The highest BCUT2D eigenvalue weighted by Crippen LogP contribution is 2.30. The summed E-state index contributed by atoms with van der Waals surface area (Å²) in [4.78, 5) is 25.2. The molecule has 6 nitrogen and oxygen atoms in total. The second kappa shape index (κ2) is 7.91. The van der Waals surface area contributed by atoms with Crippen molar-refractivity contribution in [1.82, 2.24) is 15.1 Å². The molecule has 3 rings (SSSR count). The predicted molar refractivity (Wildman–Crippen MR) is 98.5 cm³/mol. The number of hydrogen-bond donors (Lipinski definition) is 1. The van der Waals surface area contributed by atoms with E-state index in [2.05, 4.69) is 10.4 Å². The van der Waals surface area contributed by atoms with E-state index in [4.69, 9.17) is 16.3 Å². The van der Waals surface area contributed by atoms with Crippen LogP contribution in [0.2, 0.25) is 5.02 Å². The molecule has 0 atom stereocenters. The number of nitrogens with zero attached hydrogens (tertiary/aromatic N) is 2. The highest BCUT2D eigenvalue weighted by atomic mass is 35.5. The van der Waals surface area contributed by atoms with Gasteiger partial charge in [0, 0.05) is 11.2 Å². The minimum atomic E-state index is -0.937. The minimum absolute atomic E-state index is 0.297. The van der Waals surface area contributed by atoms with Crippen LogP contribution in [-0.4, -0.2) is 33.8 Å². The van der Waals surface area contributed by atoms with E-state index < -0.39 is 5.54 Å². The van der Waals surface area contributed by atoms with Crippen LogP contribution in [0.4, 0.5) is 0 Å². The van der Waals surface area contributed by atoms with Gasteiger partial charge in [-0.3, -0.25) is 4.79 Å². The topological polar surface area (TPSA) is 73.2 Å². The molecule has 1 fully saturated rings. The van der Waals surface area contributed by atoms with Gasteiger partial charge in [0.05, 0.1) is 24.1 Å². The van der Waals surface area contributed by atoms with Gasteiger partial charge in [-0.25, -0.2) is 9.48 Å². The molecule has 1 aliphatic carbocycles. The standard InChI is InChI=1S/C19H22ClN3O3/c1-2-26-18(25)19(10-4-3-5-11-19)22-17(24)14-12-21-23(13-14)16-8-6-15(20)7-9-16/h6-9,12-13H,2-5,10-11H2,1H3,(H,22,24). The first kappa shape index (κ1) is 18.5. The molecule has 0 aliphatic heterocycles. The largest absolute Gasteiger partial charge is 0.464 e. The molecule has 1 saturated carbocycles. The van der Waals surface area contributed by atoms with E-state index in [0.29, 0.717) is 30.0 Å². The summed E-state index contributed by atoms with van der Waals surface area (Å²) in [7, 11) is 0. The number of halogens is 1. The van der Waals surface area contributed by atoms with E-state index in [9.17, 15) is 9.59 Å². The quantitative estimate of drug-likeness (QED) is 0.811. The Morgan fingerprint density at radius 2 is 1.92 bits per heavy atom. The Balaban J connectivity index is 1.78. The maximum absolute atomic E-state index is 12.7. The summed E-state index contributed by atoms with van der Waals surface area (Å²) >= 11 is 5.90. The van der Waals surface area contributed by atoms with Gasteiger partial charge >= 0.3 is 5.97 Å². The second-order valence-corrected chi connectivity index (χ2v) is 6.90. The lowest BCUT2D eigenvalue weighted by Gasteiger charge is -2.35. The summed E-state index contributed by atoms with van der Waals surface area (Å²) in [5.74, 6) is -0.668. The van der Waals surface area contributed by atoms with E-state index in [0.717, 1.165) is 24.9 Å². The zero-order chi connectivity index (χ0) is 18.6. The smallest absolute Gasteiger partial charge is 0.331 e. The van der Waals surface area contributed by atoms with Crippen molar-refractivity contribution in [1.29, 1.82) is 0 Å². The van der Waals surface area contributed by atoms with Crippen LogP contribution in [-0.2, 0) is 9.53 Å². The number of benzene rings is 1. The number of carbonyl (C=O) groups is 2. The fourth-order valence-corrected chi connectivity index (χ4v) is 3.40. The third kappa shape index (κ3) is 3.90. The molecule has 2 aromatic rings. The van der Waals surface area contributed by atoms with E-state index in [1.54, 1.807) is 29.9 Å². The van der Waals surface area contributed by atoms with Crippen molar-refractivity contribution in [2.45, 2.75) is 44.6 Å². The molecule has 7 heteroatoms. The lowest BCUT2D eigenvalue weighted by molar-refractivity contribution is -0.152. The highest BCUT2D eigenvalue weighted by Gasteiger charge is 2.42. The lowest BCUT2D eigenvalue weighted by atomic mass is 9.81. The number of ether oxygens (including phenoxy) is 1. The Hall–Kier alpha value is -2.34. The van der Waals surface area contributed by atoms with Gasteiger partial charge in [-0.05, 0) is 44.0 Å². The van der Waals surface area contributed by atoms with E-state index in [1.807, 2.05) is 12.1 Å². The van der Waals surface area contributed by atoms with Gasteiger partial charge in [-0.15, -0.1) is 0 Å². The SMILES string of the molecule is CCOC(=O)C1(NC(=O)c2cnn(-c3ccc(Cl)cc3)c2)CCCCC1. The molecule has 0 spiro atoms. The highest BCUT2D eigenvalue weighted by molar-refractivity contribution is 6.30. The van der Waals surface area contributed by atoms with Crippen molar-refractivity contribution in [2.24, 2.45) is 0 Å². The van der Waals surface area contributed by atoms with Crippen LogP contribution in [0.15, 0.2) is 36.7 Å². The third-order valence-corrected chi connectivity index (χ3v) is 4.91. The van der Waals surface area contributed by atoms with Gasteiger partial charge in [-0.2, -0.15) is 5.10 Å². The van der Waals surface area contributed by atoms with Crippen molar-refractivity contribution < 1.29 is 14.3 Å². The molecule has 1 aromatic carbocycles. The van der Waals surface area contributed by atoms with Crippen LogP contribution >= 0.6 is 11.6 Å². The van der Waals surface area contributed by atoms with Crippen molar-refractivity contribution in [3.05, 3.63) is 47.2 Å². The van der Waals surface area contributed by atoms with Crippen molar-refractivity contribution in [2.75, 3.05) is 6.61 Å². The number of rotatable bonds is 5. The van der Waals surface area contributed by atoms with Crippen LogP contribution in [0.1, 0.15) is 49.4 Å². The zero-order valence-corrected chi connectivity index (χ0v) is 15.5. The zero-order valence-electron chi connectivity index (χ0n) is 14.7. The summed E-state index contributed by atoms with van der Waals surface area (Å²) < 4.78 is 6.82. The van der Waals surface area contributed by atoms with Gasteiger partial charge in [0.1, 0.15) is 5.54 Å². The molecule has 138 valence electrons. The van der Waals surface area contributed by atoms with Crippen LogP contribution < -0.4 is 5.32 Å². The minimum Gasteiger partial charge on any atom is -0.464 e. The Morgan fingerprint density at radius 3 is 2.58 bits per heavy atom. The molecule has 0 saturated heterocycles. The van der Waals surface area contributed by atoms with E-state index in [1.165, 1.54) is 6.20 Å². The summed E-state index contributed by atoms with van der Waals surface area (Å²) in [5, 5.41) is 7.78. The van der Waals surface area contributed by atoms with E-state index >= 15 is 0 Å². The summed E-state index contributed by atoms with van der Waals surface area (Å²) in [6, 6.07) is 7.16. The maximum Gasteiger partial charge on any atom is 0.331 e. The molecule has 0 bridgehead atoms. The maximum atomic E-state index is 12.7. The van der Waals surface area contributed by atoms with Crippen LogP contribution in [0.3, 0.4) is 0 Å². The Morgan fingerprint density at radius 1 is 1.23 bits per heavy atom. The van der Waals surface area contributed by atoms with Gasteiger partial charge in [0.15, 0.2) is 0 Å². The van der Waals surface area contributed by atoms with Gasteiger partial charge in [-0.1, -0.05) is 30.9 Å². The normalized spacial score (nSPS) is 16.1. The van der Waals surface area contributed by atoms with Crippen LogP contribution in [0, 0.1) is 0 Å². The monoisotopic (exact) mass is 375 g/mol. The van der Waals surface area contributed by atoms with Crippen molar-refractivity contribution in [3.63, 3.8) is 0 Å². The van der Waals surface area contributed by atoms with Gasteiger partial charge in [0.2, 0.25) is 0 Å². The predicted octanol–water partition coefficient (Wildman–Crippen LogP) is 3.52. The number of carbonyl (C=O) groups excluding carboxylic acids is 2. The molecule has 1 N–H and O–H groups in total. The van der Waals surface area contributed by atoms with Crippen molar-refractivity contribution >= 4 is 23.5 Å². The van der Waals surface area contributed by atoms with Crippen LogP contribution in [0.25, 0.3) is 5.69 Å². The Bertz CT molecular complexity index is 780. The first-order valence-electron chi connectivity index (χ1n) is 8.84. The number of nitrogens with one attached hydrogen (secondary N) is 1. The molecular weight excluding hydrogens is 354 g/mol. The molecule has 26 heavy (non-hydrogen) atoms. The number of hydrogen-bond acceptors (Lipinski definition) is 4. The fraction of sp³-hybridized carbons (Fsp3) is 0.421. The van der Waals surface area contributed by atoms with E-state index in [-0.39, 0.29) is 11.9 Å². The number of esters is 1. The Labute approximate surface area is 157 Å². The molecule has 1 amide bonds. The second-order valence-electron chi connectivity index (χ2n) is 6.47. The van der Waals surface area contributed by atoms with Crippen LogP contribution in [0.5, 0.6) is 0 Å². The third-order valence-electron chi connectivity index (χ3n) is 4.66. The molecule has 1 aromatic heterocycles. The summed E-state index contributed by atoms with van der Waals surface area (Å²) in [5.41, 5.74) is 0.258. The van der Waals surface area contributed by atoms with Crippen molar-refractivity contribution in [3.8, 4) is 5.69 Å². The molecule has 1 aliphatic rings. The fourth-order valence-electron chi connectivity index (χ4n) is 3.27. The first-order chi connectivity index (χ1) is 12.5. The Kier molecular flexibility index (Phi) is 5.61. The lowest BCUT2D eigenvalue weighted by Crippen LogP contribution is -2.56. The molecule has 0 radical (unpaired) electrons. The van der Waals surface area contributed by atoms with Gasteiger partial charge < -0.3 is 10.1 Å². The first-order valence-corrected chi connectivity index (χ1v) is 9.22. The molecule has 1 heterocycles. The number of aromatic nitrogens is 2. The number of amides is 1. The summed E-state index contributed by atoms with van der Waals surface area (Å²) in [6.07, 6.45) is 7.18. The molecule has 0 unspecified atom stereocenters. The average Bonchev–Trinajstić information content (AvgIpc) is 3.13. The summed E-state index contributed by atoms with van der Waals surface area (Å²) in [6.45, 7) is 2.07. The average molecular weight is 376 g/mol.